The number of anilines is 1. The van der Waals surface area contributed by atoms with Gasteiger partial charge in [-0.1, -0.05) is 30.3 Å². The van der Waals surface area contributed by atoms with E-state index in [1.165, 1.54) is 27.0 Å². The van der Waals surface area contributed by atoms with Crippen molar-refractivity contribution in [1.82, 2.24) is 0 Å². The maximum absolute atomic E-state index is 12.5. The van der Waals surface area contributed by atoms with Gasteiger partial charge >= 0.3 is 5.97 Å². The van der Waals surface area contributed by atoms with Crippen molar-refractivity contribution in [2.24, 2.45) is 0 Å². The Labute approximate surface area is 174 Å². The Bertz CT molecular complexity index is 1060. The second-order valence-electron chi connectivity index (χ2n) is 6.45. The van der Waals surface area contributed by atoms with Crippen LogP contribution in [0.5, 0.6) is 0 Å². The number of Topliss-reactive ketones (excluding diaryl/α,β-unsaturated/α-hetero) is 1. The van der Waals surface area contributed by atoms with Crippen molar-refractivity contribution in [3.63, 3.8) is 0 Å². The largest absolute Gasteiger partial charge is 0.452 e. The number of rotatable bonds is 9. The van der Waals surface area contributed by atoms with Gasteiger partial charge in [0.15, 0.2) is 18.0 Å². The maximum atomic E-state index is 12.5. The minimum absolute atomic E-state index is 0.0144. The lowest BCUT2D eigenvalue weighted by Crippen LogP contribution is -2.34. The second kappa shape index (κ2) is 9.79. The molecule has 0 saturated carbocycles. The van der Waals surface area contributed by atoms with Gasteiger partial charge in [-0.2, -0.15) is 8.42 Å². The van der Waals surface area contributed by atoms with E-state index in [1.54, 1.807) is 30.3 Å². The van der Waals surface area contributed by atoms with E-state index in [1.807, 2.05) is 0 Å². The molecule has 2 atom stereocenters. The van der Waals surface area contributed by atoms with Gasteiger partial charge in [0.1, 0.15) is 4.90 Å². The number of benzene rings is 2. The fraction of sp³-hybridized carbons (Fsp3) is 0.350. The van der Waals surface area contributed by atoms with E-state index in [9.17, 15) is 22.8 Å². The molecule has 1 N–H and O–H groups in total. The van der Waals surface area contributed by atoms with Gasteiger partial charge in [0, 0.05) is 12.5 Å². The molecule has 0 saturated heterocycles. The normalized spacial score (nSPS) is 13.5. The Kier molecular flexibility index (Phi) is 7.65. The lowest BCUT2D eigenvalue weighted by Gasteiger charge is -2.18. The first kappa shape index (κ1) is 23.5. The summed E-state index contributed by atoms with van der Waals surface area (Å²) >= 11 is 0. The molecule has 0 aliphatic carbocycles. The van der Waals surface area contributed by atoms with E-state index in [0.717, 1.165) is 7.11 Å². The van der Waals surface area contributed by atoms with Crippen LogP contribution in [-0.2, 0) is 38.2 Å². The molecule has 162 valence electrons. The van der Waals surface area contributed by atoms with E-state index >= 15 is 0 Å². The lowest BCUT2D eigenvalue weighted by molar-refractivity contribution is -0.164. The van der Waals surface area contributed by atoms with Crippen molar-refractivity contribution in [2.45, 2.75) is 37.4 Å². The van der Waals surface area contributed by atoms with Gasteiger partial charge in [0.2, 0.25) is 5.91 Å². The van der Waals surface area contributed by atoms with E-state index in [0.29, 0.717) is 10.8 Å². The van der Waals surface area contributed by atoms with Crippen molar-refractivity contribution in [1.29, 1.82) is 0 Å². The number of nitrogens with one attached hydrogen (secondary N) is 1. The smallest absolute Gasteiger partial charge is 0.335 e. The standard InChI is InChI=1S/C20H23NO8S/c1-12(22)17(29-20(24)13(2)27-3)11-18(23)21-16-10-9-14-7-5-6-8-15(14)19(16)30(25,26)28-4/h5-10,13,17H,11H2,1-4H3,(H,21,23). The van der Waals surface area contributed by atoms with E-state index in [-0.39, 0.29) is 10.6 Å². The highest BCUT2D eigenvalue weighted by molar-refractivity contribution is 7.87. The molecule has 0 bridgehead atoms. The summed E-state index contributed by atoms with van der Waals surface area (Å²) in [7, 11) is -1.84. The molecule has 0 heterocycles. The van der Waals surface area contributed by atoms with E-state index < -0.39 is 46.4 Å². The van der Waals surface area contributed by atoms with Gasteiger partial charge in [0.25, 0.3) is 10.1 Å². The first-order chi connectivity index (χ1) is 14.1. The highest BCUT2D eigenvalue weighted by Crippen LogP contribution is 2.31. The molecule has 1 amide bonds. The van der Waals surface area contributed by atoms with Crippen molar-refractivity contribution < 1.29 is 36.5 Å². The van der Waals surface area contributed by atoms with Gasteiger partial charge in [0.05, 0.1) is 19.2 Å². The van der Waals surface area contributed by atoms with Gasteiger partial charge in [-0.15, -0.1) is 0 Å². The van der Waals surface area contributed by atoms with Gasteiger partial charge < -0.3 is 14.8 Å². The number of carbonyl (C=O) groups excluding carboxylic acids is 3. The molecule has 9 nitrogen and oxygen atoms in total. The van der Waals surface area contributed by atoms with Crippen molar-refractivity contribution in [3.05, 3.63) is 36.4 Å². The molecule has 2 aromatic carbocycles. The predicted molar refractivity (Wildman–Crippen MR) is 108 cm³/mol. The summed E-state index contributed by atoms with van der Waals surface area (Å²) in [5.41, 5.74) is -0.0144. The van der Waals surface area contributed by atoms with Crippen LogP contribution in [0.25, 0.3) is 10.8 Å². The predicted octanol–water partition coefficient (Wildman–Crippen LogP) is 2.04. The van der Waals surface area contributed by atoms with Crippen molar-refractivity contribution >= 4 is 44.2 Å². The van der Waals surface area contributed by atoms with Crippen LogP contribution in [0, 0.1) is 0 Å². The van der Waals surface area contributed by atoms with Crippen LogP contribution in [0.15, 0.2) is 41.3 Å². The average Bonchev–Trinajstić information content (AvgIpc) is 2.71. The summed E-state index contributed by atoms with van der Waals surface area (Å²) in [5, 5.41) is 3.47. The number of amides is 1. The third-order valence-corrected chi connectivity index (χ3v) is 5.77. The fourth-order valence-corrected chi connectivity index (χ4v) is 3.67. The zero-order valence-electron chi connectivity index (χ0n) is 17.0. The molecule has 0 aliphatic rings. The molecule has 0 aromatic heterocycles. The van der Waals surface area contributed by atoms with Gasteiger partial charge in [-0.05, 0) is 25.3 Å². The van der Waals surface area contributed by atoms with Gasteiger partial charge in [-0.25, -0.2) is 4.79 Å². The molecular formula is C20H23NO8S. The van der Waals surface area contributed by atoms with Crippen LogP contribution < -0.4 is 5.32 Å². The highest BCUT2D eigenvalue weighted by atomic mass is 32.2. The molecule has 2 unspecified atom stereocenters. The minimum atomic E-state index is -4.16. The summed E-state index contributed by atoms with van der Waals surface area (Å²) in [6.07, 6.45) is -2.73. The van der Waals surface area contributed by atoms with E-state index in [2.05, 4.69) is 9.50 Å². The Hall–Kier alpha value is -2.82. The molecule has 2 aromatic rings. The van der Waals surface area contributed by atoms with Gasteiger partial charge in [-0.3, -0.25) is 13.8 Å². The Balaban J connectivity index is 2.33. The average molecular weight is 437 g/mol. The zero-order chi connectivity index (χ0) is 22.5. The monoisotopic (exact) mass is 437 g/mol. The first-order valence-corrected chi connectivity index (χ1v) is 10.4. The number of hydrogen-bond acceptors (Lipinski definition) is 8. The highest BCUT2D eigenvalue weighted by Gasteiger charge is 2.27. The lowest BCUT2D eigenvalue weighted by atomic mass is 10.1. The van der Waals surface area contributed by atoms with Crippen LogP contribution >= 0.6 is 0 Å². The number of esters is 1. The van der Waals surface area contributed by atoms with Crippen LogP contribution in [0.4, 0.5) is 5.69 Å². The molecule has 30 heavy (non-hydrogen) atoms. The number of hydrogen-bond donors (Lipinski definition) is 1. The molecule has 0 radical (unpaired) electrons. The number of ether oxygens (including phenoxy) is 2. The summed E-state index contributed by atoms with van der Waals surface area (Å²) < 4.78 is 39.5. The fourth-order valence-electron chi connectivity index (χ4n) is 2.66. The second-order valence-corrected chi connectivity index (χ2v) is 8.10. The summed E-state index contributed by atoms with van der Waals surface area (Å²) in [4.78, 5) is 36.0. The summed E-state index contributed by atoms with van der Waals surface area (Å²) in [5.74, 6) is -2.04. The SMILES string of the molecule is COC(C)C(=O)OC(CC(=O)Nc1ccc2ccccc2c1S(=O)(=O)OC)C(C)=O. The third kappa shape index (κ3) is 5.41. The Morgan fingerprint density at radius 3 is 2.33 bits per heavy atom. The Morgan fingerprint density at radius 1 is 1.07 bits per heavy atom. The minimum Gasteiger partial charge on any atom is -0.452 e. The molecule has 0 aliphatic heterocycles. The van der Waals surface area contributed by atoms with Crippen LogP contribution in [-0.4, -0.2) is 52.5 Å². The molecular weight excluding hydrogens is 414 g/mol. The number of methoxy groups -OCH3 is 1. The first-order valence-electron chi connectivity index (χ1n) is 8.96. The maximum Gasteiger partial charge on any atom is 0.335 e. The van der Waals surface area contributed by atoms with Crippen molar-refractivity contribution in [3.8, 4) is 0 Å². The number of ketones is 1. The van der Waals surface area contributed by atoms with E-state index in [4.69, 9.17) is 9.47 Å². The zero-order valence-corrected chi connectivity index (χ0v) is 17.8. The molecule has 0 fully saturated rings. The van der Waals surface area contributed by atoms with Crippen LogP contribution in [0.1, 0.15) is 20.3 Å². The number of carbonyl (C=O) groups is 3. The summed E-state index contributed by atoms with van der Waals surface area (Å²) in [6.45, 7) is 2.62. The molecule has 2 rings (SSSR count). The number of fused-ring (bicyclic) bond motifs is 1. The van der Waals surface area contributed by atoms with Crippen LogP contribution in [0.3, 0.4) is 0 Å². The topological polar surface area (TPSA) is 125 Å². The Morgan fingerprint density at radius 2 is 1.73 bits per heavy atom. The quantitative estimate of drug-likeness (QED) is 0.467. The van der Waals surface area contributed by atoms with Crippen molar-refractivity contribution in [2.75, 3.05) is 19.5 Å². The third-order valence-electron chi connectivity index (χ3n) is 4.39. The van der Waals surface area contributed by atoms with Crippen LogP contribution in [0.2, 0.25) is 0 Å². The molecule has 10 heteroatoms. The molecule has 0 spiro atoms. The summed E-state index contributed by atoms with van der Waals surface area (Å²) in [6, 6.07) is 9.78.